The number of carbonyl (C=O) groups is 1. The zero-order valence-electron chi connectivity index (χ0n) is 9.35. The topological polar surface area (TPSA) is 32.3 Å². The first-order valence-corrected chi connectivity index (χ1v) is 5.69. The van der Waals surface area contributed by atoms with Crippen molar-refractivity contribution in [2.45, 2.75) is 32.6 Å². The van der Waals surface area contributed by atoms with Gasteiger partial charge < -0.3 is 10.2 Å². The third-order valence-corrected chi connectivity index (χ3v) is 2.27. The van der Waals surface area contributed by atoms with Gasteiger partial charge in [-0.25, -0.2) is 0 Å². The standard InChI is InChI=1S/C10H21ClN2O/c1-4-7-13(5-2)8-6-12-10(14)9(3)11/h9H,4-8H2,1-3H3,(H,12,14). The van der Waals surface area contributed by atoms with Crippen LogP contribution in [0.1, 0.15) is 27.2 Å². The maximum absolute atomic E-state index is 11.1. The Morgan fingerprint density at radius 3 is 2.50 bits per heavy atom. The summed E-state index contributed by atoms with van der Waals surface area (Å²) in [5, 5.41) is 2.36. The second-order valence-electron chi connectivity index (χ2n) is 3.34. The van der Waals surface area contributed by atoms with Gasteiger partial charge in [-0.2, -0.15) is 0 Å². The fourth-order valence-corrected chi connectivity index (χ4v) is 1.30. The van der Waals surface area contributed by atoms with Crippen molar-refractivity contribution in [3.63, 3.8) is 0 Å². The van der Waals surface area contributed by atoms with Gasteiger partial charge in [0.1, 0.15) is 5.38 Å². The Kier molecular flexibility index (Phi) is 7.90. The Balaban J connectivity index is 3.55. The number of carbonyl (C=O) groups excluding carboxylic acids is 1. The molecule has 3 nitrogen and oxygen atoms in total. The Labute approximate surface area is 91.8 Å². The summed E-state index contributed by atoms with van der Waals surface area (Å²) in [6.45, 7) is 9.66. The van der Waals surface area contributed by atoms with Gasteiger partial charge in [0.15, 0.2) is 0 Å². The molecule has 84 valence electrons. The average Bonchev–Trinajstić information content (AvgIpc) is 2.16. The minimum Gasteiger partial charge on any atom is -0.354 e. The summed E-state index contributed by atoms with van der Waals surface area (Å²) in [7, 11) is 0. The molecule has 0 aliphatic heterocycles. The number of halogens is 1. The van der Waals surface area contributed by atoms with Crippen LogP contribution in [0.5, 0.6) is 0 Å². The van der Waals surface area contributed by atoms with Crippen molar-refractivity contribution in [1.82, 2.24) is 10.2 Å². The lowest BCUT2D eigenvalue weighted by molar-refractivity contribution is -0.120. The summed E-state index contributed by atoms with van der Waals surface area (Å²) in [6.07, 6.45) is 1.15. The normalized spacial score (nSPS) is 12.9. The van der Waals surface area contributed by atoms with Crippen LogP contribution in [0.25, 0.3) is 0 Å². The van der Waals surface area contributed by atoms with Crippen LogP contribution in [0.2, 0.25) is 0 Å². The summed E-state index contributed by atoms with van der Waals surface area (Å²) in [6, 6.07) is 0. The van der Waals surface area contributed by atoms with E-state index in [1.807, 2.05) is 0 Å². The largest absolute Gasteiger partial charge is 0.354 e. The third kappa shape index (κ3) is 6.22. The molecule has 14 heavy (non-hydrogen) atoms. The van der Waals surface area contributed by atoms with Crippen molar-refractivity contribution in [1.29, 1.82) is 0 Å². The Hall–Kier alpha value is -0.280. The lowest BCUT2D eigenvalue weighted by Crippen LogP contribution is -2.37. The van der Waals surface area contributed by atoms with E-state index in [-0.39, 0.29) is 5.91 Å². The number of amides is 1. The van der Waals surface area contributed by atoms with E-state index in [9.17, 15) is 4.79 Å². The molecule has 1 amide bonds. The van der Waals surface area contributed by atoms with Crippen molar-refractivity contribution in [3.8, 4) is 0 Å². The highest BCUT2D eigenvalue weighted by atomic mass is 35.5. The molecule has 1 N–H and O–H groups in total. The second-order valence-corrected chi connectivity index (χ2v) is 4.00. The fraction of sp³-hybridized carbons (Fsp3) is 0.900. The Morgan fingerprint density at radius 2 is 2.07 bits per heavy atom. The van der Waals surface area contributed by atoms with Gasteiger partial charge in [-0.05, 0) is 26.4 Å². The van der Waals surface area contributed by atoms with E-state index in [0.29, 0.717) is 6.54 Å². The van der Waals surface area contributed by atoms with E-state index in [2.05, 4.69) is 24.1 Å². The molecular formula is C10H21ClN2O. The Morgan fingerprint density at radius 1 is 1.43 bits per heavy atom. The molecule has 0 saturated heterocycles. The number of hydrogen-bond acceptors (Lipinski definition) is 2. The van der Waals surface area contributed by atoms with E-state index in [0.717, 1.165) is 26.1 Å². The molecule has 0 spiro atoms. The van der Waals surface area contributed by atoms with Gasteiger partial charge in [-0.15, -0.1) is 11.6 Å². The van der Waals surface area contributed by atoms with Gasteiger partial charge in [0.05, 0.1) is 0 Å². The summed E-state index contributed by atoms with van der Waals surface area (Å²) >= 11 is 5.61. The van der Waals surface area contributed by atoms with Gasteiger partial charge in [0.2, 0.25) is 5.91 Å². The van der Waals surface area contributed by atoms with Crippen molar-refractivity contribution < 1.29 is 4.79 Å². The molecule has 1 unspecified atom stereocenters. The van der Waals surface area contributed by atoms with Crippen molar-refractivity contribution in [2.75, 3.05) is 26.2 Å². The molecule has 0 radical (unpaired) electrons. The third-order valence-electron chi connectivity index (χ3n) is 2.08. The highest BCUT2D eigenvalue weighted by Gasteiger charge is 2.08. The van der Waals surface area contributed by atoms with Crippen LogP contribution in [-0.4, -0.2) is 42.4 Å². The molecule has 0 bridgehead atoms. The van der Waals surface area contributed by atoms with Crippen molar-refractivity contribution in [3.05, 3.63) is 0 Å². The fourth-order valence-electron chi connectivity index (χ4n) is 1.22. The second kappa shape index (κ2) is 8.06. The molecule has 0 aromatic heterocycles. The molecule has 0 aromatic carbocycles. The maximum Gasteiger partial charge on any atom is 0.237 e. The number of likely N-dealkylation sites (N-methyl/N-ethyl adjacent to an activating group) is 1. The highest BCUT2D eigenvalue weighted by molar-refractivity contribution is 6.30. The molecule has 0 aromatic rings. The number of hydrogen-bond donors (Lipinski definition) is 1. The van der Waals surface area contributed by atoms with Crippen molar-refractivity contribution in [2.24, 2.45) is 0 Å². The van der Waals surface area contributed by atoms with Gasteiger partial charge in [0, 0.05) is 13.1 Å². The first-order valence-electron chi connectivity index (χ1n) is 5.25. The molecule has 0 aliphatic rings. The maximum atomic E-state index is 11.1. The average molecular weight is 221 g/mol. The highest BCUT2D eigenvalue weighted by Crippen LogP contribution is 1.93. The number of rotatable bonds is 7. The van der Waals surface area contributed by atoms with E-state index in [1.165, 1.54) is 0 Å². The first kappa shape index (κ1) is 13.7. The van der Waals surface area contributed by atoms with E-state index >= 15 is 0 Å². The predicted octanol–water partition coefficient (Wildman–Crippen LogP) is 1.46. The van der Waals surface area contributed by atoms with E-state index in [1.54, 1.807) is 6.92 Å². The van der Waals surface area contributed by atoms with Gasteiger partial charge in [-0.1, -0.05) is 13.8 Å². The zero-order valence-corrected chi connectivity index (χ0v) is 10.1. The molecule has 0 heterocycles. The zero-order chi connectivity index (χ0) is 11.0. The molecule has 0 fully saturated rings. The minimum absolute atomic E-state index is 0.0841. The number of nitrogens with zero attached hydrogens (tertiary/aromatic N) is 1. The number of nitrogens with one attached hydrogen (secondary N) is 1. The molecule has 4 heteroatoms. The molecule has 0 saturated carbocycles. The Bertz CT molecular complexity index is 162. The molecule has 1 atom stereocenters. The van der Waals surface area contributed by atoms with Gasteiger partial charge in [0.25, 0.3) is 0 Å². The monoisotopic (exact) mass is 220 g/mol. The quantitative estimate of drug-likeness (QED) is 0.659. The summed E-state index contributed by atoms with van der Waals surface area (Å²) < 4.78 is 0. The van der Waals surface area contributed by atoms with E-state index in [4.69, 9.17) is 11.6 Å². The van der Waals surface area contributed by atoms with Gasteiger partial charge >= 0.3 is 0 Å². The SMILES string of the molecule is CCCN(CC)CCNC(=O)C(C)Cl. The van der Waals surface area contributed by atoms with Crippen LogP contribution in [0.3, 0.4) is 0 Å². The molecular weight excluding hydrogens is 200 g/mol. The van der Waals surface area contributed by atoms with Crippen LogP contribution < -0.4 is 5.32 Å². The first-order chi connectivity index (χ1) is 6.61. The van der Waals surface area contributed by atoms with Crippen LogP contribution in [-0.2, 0) is 4.79 Å². The van der Waals surface area contributed by atoms with Crippen LogP contribution in [0, 0.1) is 0 Å². The van der Waals surface area contributed by atoms with Crippen molar-refractivity contribution >= 4 is 17.5 Å². The number of alkyl halides is 1. The van der Waals surface area contributed by atoms with Crippen LogP contribution >= 0.6 is 11.6 Å². The smallest absolute Gasteiger partial charge is 0.237 e. The van der Waals surface area contributed by atoms with Crippen LogP contribution in [0.15, 0.2) is 0 Å². The summed E-state index contributed by atoms with van der Waals surface area (Å²) in [4.78, 5) is 13.4. The predicted molar refractivity (Wildman–Crippen MR) is 60.7 cm³/mol. The summed E-state index contributed by atoms with van der Waals surface area (Å²) in [5.74, 6) is -0.0841. The summed E-state index contributed by atoms with van der Waals surface area (Å²) in [5.41, 5.74) is 0. The lowest BCUT2D eigenvalue weighted by atomic mass is 10.4. The minimum atomic E-state index is -0.434. The molecule has 0 rings (SSSR count). The molecule has 0 aliphatic carbocycles. The lowest BCUT2D eigenvalue weighted by Gasteiger charge is -2.19. The van der Waals surface area contributed by atoms with E-state index < -0.39 is 5.38 Å². The van der Waals surface area contributed by atoms with Gasteiger partial charge in [-0.3, -0.25) is 4.79 Å². The van der Waals surface area contributed by atoms with Crippen LogP contribution in [0.4, 0.5) is 0 Å².